The fraction of sp³-hybridized carbons (Fsp3) is 0.200. The molecule has 3 aromatic rings. The number of fused-ring (bicyclic) bond motifs is 1. The van der Waals surface area contributed by atoms with Crippen LogP contribution in [0.2, 0.25) is 5.02 Å². The van der Waals surface area contributed by atoms with E-state index in [1.807, 2.05) is 31.3 Å². The van der Waals surface area contributed by atoms with Gasteiger partial charge < -0.3 is 15.6 Å². The quantitative estimate of drug-likeness (QED) is 0.645. The molecule has 1 heterocycles. The Morgan fingerprint density at radius 1 is 1.23 bits per heavy atom. The summed E-state index contributed by atoms with van der Waals surface area (Å²) in [4.78, 5) is 28.0. The molecule has 2 aromatic carbocycles. The van der Waals surface area contributed by atoms with E-state index in [1.165, 1.54) is 6.20 Å². The number of aromatic amines is 1. The number of carbonyl (C=O) groups excluding carboxylic acids is 1. The van der Waals surface area contributed by atoms with Gasteiger partial charge in [-0.15, -0.1) is 0 Å². The maximum atomic E-state index is 12.6. The SMILES string of the molecule is CN[C@@H](C)c1cccc(CNC(=O)c2c[nH]c3ccc(Cl)cc3c2=O)c1. The molecule has 0 radical (unpaired) electrons. The summed E-state index contributed by atoms with van der Waals surface area (Å²) in [7, 11) is 1.90. The summed E-state index contributed by atoms with van der Waals surface area (Å²) in [5.74, 6) is -0.416. The summed E-state index contributed by atoms with van der Waals surface area (Å²) in [6.07, 6.45) is 1.44. The normalized spacial score (nSPS) is 12.1. The summed E-state index contributed by atoms with van der Waals surface area (Å²) >= 11 is 5.96. The molecule has 0 saturated carbocycles. The van der Waals surface area contributed by atoms with Crippen LogP contribution in [0.25, 0.3) is 10.9 Å². The zero-order valence-corrected chi connectivity index (χ0v) is 15.4. The molecule has 3 N–H and O–H groups in total. The van der Waals surface area contributed by atoms with Gasteiger partial charge in [-0.1, -0.05) is 35.9 Å². The lowest BCUT2D eigenvalue weighted by Crippen LogP contribution is -2.28. The number of rotatable bonds is 5. The average Bonchev–Trinajstić information content (AvgIpc) is 2.66. The molecule has 1 amide bonds. The number of amides is 1. The van der Waals surface area contributed by atoms with Gasteiger partial charge in [0.15, 0.2) is 0 Å². The Labute approximate surface area is 156 Å². The molecular weight excluding hydrogens is 350 g/mol. The summed E-state index contributed by atoms with van der Waals surface area (Å²) in [5, 5.41) is 6.84. The topological polar surface area (TPSA) is 74.0 Å². The van der Waals surface area contributed by atoms with Gasteiger partial charge in [-0.05, 0) is 43.3 Å². The van der Waals surface area contributed by atoms with Crippen molar-refractivity contribution >= 4 is 28.4 Å². The molecule has 0 aliphatic carbocycles. The summed E-state index contributed by atoms with van der Waals surface area (Å²) in [5.41, 5.74) is 2.48. The largest absolute Gasteiger partial charge is 0.360 e. The Morgan fingerprint density at radius 3 is 2.81 bits per heavy atom. The van der Waals surface area contributed by atoms with E-state index in [0.717, 1.165) is 11.1 Å². The smallest absolute Gasteiger partial charge is 0.257 e. The van der Waals surface area contributed by atoms with E-state index in [4.69, 9.17) is 11.6 Å². The minimum atomic E-state index is -0.416. The average molecular weight is 370 g/mol. The molecule has 6 heteroatoms. The highest BCUT2D eigenvalue weighted by Gasteiger charge is 2.13. The highest BCUT2D eigenvalue weighted by molar-refractivity contribution is 6.31. The molecule has 0 aliphatic rings. The molecule has 1 aromatic heterocycles. The van der Waals surface area contributed by atoms with Crippen LogP contribution in [0.4, 0.5) is 0 Å². The Morgan fingerprint density at radius 2 is 2.04 bits per heavy atom. The van der Waals surface area contributed by atoms with Crippen LogP contribution in [0.3, 0.4) is 0 Å². The minimum absolute atomic E-state index is 0.0690. The Kier molecular flexibility index (Phi) is 5.40. The minimum Gasteiger partial charge on any atom is -0.360 e. The first-order valence-electron chi connectivity index (χ1n) is 8.35. The number of hydrogen-bond acceptors (Lipinski definition) is 3. The lowest BCUT2D eigenvalue weighted by molar-refractivity contribution is 0.0949. The number of halogens is 1. The molecule has 0 unspecified atom stereocenters. The lowest BCUT2D eigenvalue weighted by atomic mass is 10.1. The van der Waals surface area contributed by atoms with Crippen LogP contribution in [0.15, 0.2) is 53.5 Å². The van der Waals surface area contributed by atoms with Gasteiger partial charge in [0.1, 0.15) is 5.56 Å². The van der Waals surface area contributed by atoms with Gasteiger partial charge in [0.05, 0.1) is 0 Å². The molecule has 26 heavy (non-hydrogen) atoms. The molecule has 0 spiro atoms. The van der Waals surface area contributed by atoms with E-state index in [9.17, 15) is 9.59 Å². The number of nitrogens with one attached hydrogen (secondary N) is 3. The first kappa shape index (κ1) is 18.2. The van der Waals surface area contributed by atoms with Crippen molar-refractivity contribution in [2.45, 2.75) is 19.5 Å². The predicted molar refractivity (Wildman–Crippen MR) is 105 cm³/mol. The van der Waals surface area contributed by atoms with Crippen molar-refractivity contribution in [3.63, 3.8) is 0 Å². The zero-order valence-electron chi connectivity index (χ0n) is 14.6. The van der Waals surface area contributed by atoms with Gasteiger partial charge in [0, 0.05) is 34.7 Å². The molecule has 0 aliphatic heterocycles. The molecule has 3 rings (SSSR count). The first-order valence-corrected chi connectivity index (χ1v) is 8.72. The Bertz CT molecular complexity index is 1010. The van der Waals surface area contributed by atoms with E-state index < -0.39 is 5.91 Å². The van der Waals surface area contributed by atoms with Gasteiger partial charge in [-0.2, -0.15) is 0 Å². The standard InChI is InChI=1S/C20H20ClN3O2/c1-12(22-2)14-5-3-4-13(8-14)10-24-20(26)17-11-23-18-7-6-15(21)9-16(18)19(17)25/h3-9,11-12,22H,10H2,1-2H3,(H,23,25)(H,24,26)/t12-/m0/s1. The van der Waals surface area contributed by atoms with Crippen LogP contribution in [-0.2, 0) is 6.54 Å². The number of pyridine rings is 1. The van der Waals surface area contributed by atoms with E-state index >= 15 is 0 Å². The van der Waals surface area contributed by atoms with Crippen molar-refractivity contribution in [2.24, 2.45) is 0 Å². The summed E-state index contributed by atoms with van der Waals surface area (Å²) < 4.78 is 0. The van der Waals surface area contributed by atoms with Crippen LogP contribution < -0.4 is 16.1 Å². The van der Waals surface area contributed by atoms with Crippen molar-refractivity contribution in [1.29, 1.82) is 0 Å². The van der Waals surface area contributed by atoms with Crippen molar-refractivity contribution in [3.8, 4) is 0 Å². The lowest BCUT2D eigenvalue weighted by Gasteiger charge is -2.12. The van der Waals surface area contributed by atoms with Crippen molar-refractivity contribution in [3.05, 3.63) is 80.6 Å². The third kappa shape index (κ3) is 3.79. The number of H-pyrrole nitrogens is 1. The monoisotopic (exact) mass is 369 g/mol. The van der Waals surface area contributed by atoms with Crippen molar-refractivity contribution < 1.29 is 4.79 Å². The van der Waals surface area contributed by atoms with E-state index in [0.29, 0.717) is 22.5 Å². The zero-order chi connectivity index (χ0) is 18.7. The van der Waals surface area contributed by atoms with Crippen LogP contribution in [-0.4, -0.2) is 17.9 Å². The molecular formula is C20H20ClN3O2. The van der Waals surface area contributed by atoms with Crippen LogP contribution >= 0.6 is 11.6 Å². The molecule has 0 saturated heterocycles. The highest BCUT2D eigenvalue weighted by atomic mass is 35.5. The fourth-order valence-electron chi connectivity index (χ4n) is 2.78. The Balaban J connectivity index is 1.80. The van der Waals surface area contributed by atoms with E-state index in [2.05, 4.69) is 22.5 Å². The van der Waals surface area contributed by atoms with Crippen LogP contribution in [0.5, 0.6) is 0 Å². The maximum Gasteiger partial charge on any atom is 0.257 e. The number of benzene rings is 2. The van der Waals surface area contributed by atoms with E-state index in [-0.39, 0.29) is 17.0 Å². The third-order valence-corrected chi connectivity index (χ3v) is 4.66. The summed E-state index contributed by atoms with van der Waals surface area (Å²) in [6, 6.07) is 13.2. The van der Waals surface area contributed by atoms with Gasteiger partial charge in [-0.3, -0.25) is 9.59 Å². The number of hydrogen-bond donors (Lipinski definition) is 3. The van der Waals surface area contributed by atoms with Gasteiger partial charge in [0.2, 0.25) is 5.43 Å². The van der Waals surface area contributed by atoms with Gasteiger partial charge in [0.25, 0.3) is 5.91 Å². The second kappa shape index (κ2) is 7.72. The van der Waals surface area contributed by atoms with Crippen molar-refractivity contribution in [2.75, 3.05) is 7.05 Å². The molecule has 134 valence electrons. The number of aromatic nitrogens is 1. The highest BCUT2D eigenvalue weighted by Crippen LogP contribution is 2.16. The predicted octanol–water partition coefficient (Wildman–Crippen LogP) is 3.39. The first-order chi connectivity index (χ1) is 12.5. The fourth-order valence-corrected chi connectivity index (χ4v) is 2.95. The second-order valence-corrected chi connectivity index (χ2v) is 6.60. The van der Waals surface area contributed by atoms with Gasteiger partial charge in [-0.25, -0.2) is 0 Å². The molecule has 5 nitrogen and oxygen atoms in total. The molecule has 0 bridgehead atoms. The third-order valence-electron chi connectivity index (χ3n) is 4.42. The van der Waals surface area contributed by atoms with Gasteiger partial charge >= 0.3 is 0 Å². The van der Waals surface area contributed by atoms with E-state index in [1.54, 1.807) is 18.2 Å². The number of carbonyl (C=O) groups is 1. The second-order valence-electron chi connectivity index (χ2n) is 6.16. The van der Waals surface area contributed by atoms with Crippen LogP contribution in [0, 0.1) is 0 Å². The molecule has 0 fully saturated rings. The summed E-state index contributed by atoms with van der Waals surface area (Å²) in [6.45, 7) is 2.41. The molecule has 1 atom stereocenters. The van der Waals surface area contributed by atoms with Crippen LogP contribution in [0.1, 0.15) is 34.5 Å². The van der Waals surface area contributed by atoms with Crippen molar-refractivity contribution in [1.82, 2.24) is 15.6 Å². The Hall–Kier alpha value is -2.63. The maximum absolute atomic E-state index is 12.6.